The molecule has 0 aromatic heterocycles. The summed E-state index contributed by atoms with van der Waals surface area (Å²) in [6, 6.07) is 12.2. The van der Waals surface area contributed by atoms with Gasteiger partial charge in [0.1, 0.15) is 0 Å². The van der Waals surface area contributed by atoms with Gasteiger partial charge in [0.05, 0.1) is 33.8 Å². The number of benzene rings is 2. The highest BCUT2D eigenvalue weighted by Crippen LogP contribution is 2.43. The molecule has 1 saturated heterocycles. The van der Waals surface area contributed by atoms with E-state index in [2.05, 4.69) is 5.32 Å². The summed E-state index contributed by atoms with van der Waals surface area (Å²) in [5, 5.41) is 1.78. The van der Waals surface area contributed by atoms with E-state index in [1.54, 1.807) is 30.3 Å². The first-order valence-corrected chi connectivity index (χ1v) is 11.9. The van der Waals surface area contributed by atoms with Gasteiger partial charge >= 0.3 is 5.97 Å². The van der Waals surface area contributed by atoms with Gasteiger partial charge in [-0.1, -0.05) is 6.07 Å². The van der Waals surface area contributed by atoms with Crippen LogP contribution in [0.1, 0.15) is 40.5 Å². The number of ether oxygens (including phenoxy) is 1. The maximum atomic E-state index is 12.9. The van der Waals surface area contributed by atoms with Crippen LogP contribution < -0.4 is 10.2 Å². The normalized spacial score (nSPS) is 23.6. The number of nitrogens with zero attached hydrogens (tertiary/aromatic N) is 1. The van der Waals surface area contributed by atoms with E-state index in [0.29, 0.717) is 24.1 Å². The van der Waals surface area contributed by atoms with Crippen molar-refractivity contribution in [3.63, 3.8) is 0 Å². The predicted molar refractivity (Wildman–Crippen MR) is 130 cm³/mol. The number of rotatable bonds is 6. The number of carbonyl (C=O) groups excluding carboxylic acids is 5. The fraction of sp³-hybridized carbons (Fsp3) is 0.320. The Morgan fingerprint density at radius 2 is 1.54 bits per heavy atom. The molecule has 1 N–H and O–H groups in total. The molecule has 2 aromatic carbocycles. The lowest BCUT2D eigenvalue weighted by Gasteiger charge is -2.28. The van der Waals surface area contributed by atoms with Crippen molar-refractivity contribution in [1.82, 2.24) is 0 Å². The highest BCUT2D eigenvalue weighted by atomic mass is 35.5. The van der Waals surface area contributed by atoms with Crippen molar-refractivity contribution in [2.75, 3.05) is 16.8 Å². The topological polar surface area (TPSA) is 110 Å². The van der Waals surface area contributed by atoms with E-state index >= 15 is 0 Å². The van der Waals surface area contributed by atoms with Crippen LogP contribution in [-0.4, -0.2) is 46.8 Å². The van der Waals surface area contributed by atoms with Crippen LogP contribution in [-0.2, 0) is 19.1 Å². The Morgan fingerprint density at radius 1 is 0.943 bits per heavy atom. The predicted octanol–water partition coefficient (Wildman–Crippen LogP) is 3.80. The molecule has 1 aliphatic heterocycles. The second-order valence-corrected chi connectivity index (χ2v) is 9.66. The number of hydrogen-bond donors (Lipinski definition) is 1. The van der Waals surface area contributed by atoms with Crippen molar-refractivity contribution in [3.8, 4) is 0 Å². The van der Waals surface area contributed by atoms with Gasteiger partial charge in [-0.25, -0.2) is 4.79 Å². The zero-order valence-electron chi connectivity index (χ0n) is 18.7. The third-order valence-electron chi connectivity index (χ3n) is 6.16. The molecule has 0 radical (unpaired) electrons. The molecule has 4 rings (SSSR count). The van der Waals surface area contributed by atoms with Gasteiger partial charge in [0, 0.05) is 11.3 Å². The molecule has 0 spiro atoms. The van der Waals surface area contributed by atoms with Gasteiger partial charge in [-0.2, -0.15) is 0 Å². The lowest BCUT2D eigenvalue weighted by Crippen LogP contribution is -2.34. The van der Waals surface area contributed by atoms with E-state index in [0.717, 1.165) is 4.90 Å². The van der Waals surface area contributed by atoms with Gasteiger partial charge in [0.25, 0.3) is 5.91 Å². The Morgan fingerprint density at radius 3 is 2.11 bits per heavy atom. The quantitative estimate of drug-likeness (QED) is 0.270. The second kappa shape index (κ2) is 10.2. The number of hydrogen-bond acceptors (Lipinski definition) is 6. The van der Waals surface area contributed by atoms with Gasteiger partial charge in [-0.3, -0.25) is 24.1 Å². The number of alkyl halides is 2. The van der Waals surface area contributed by atoms with Crippen molar-refractivity contribution in [1.29, 1.82) is 0 Å². The van der Waals surface area contributed by atoms with Crippen LogP contribution in [0.3, 0.4) is 0 Å². The van der Waals surface area contributed by atoms with Crippen molar-refractivity contribution in [2.45, 2.75) is 30.5 Å². The highest BCUT2D eigenvalue weighted by molar-refractivity contribution is 6.31. The Kier molecular flexibility index (Phi) is 7.23. The van der Waals surface area contributed by atoms with E-state index in [-0.39, 0.29) is 28.8 Å². The van der Waals surface area contributed by atoms with Gasteiger partial charge in [-0.15, -0.1) is 23.2 Å². The van der Waals surface area contributed by atoms with Crippen LogP contribution in [0.25, 0.3) is 0 Å². The minimum Gasteiger partial charge on any atom is -0.452 e. The van der Waals surface area contributed by atoms with Gasteiger partial charge < -0.3 is 10.1 Å². The molecule has 182 valence electrons. The van der Waals surface area contributed by atoms with Gasteiger partial charge in [0.2, 0.25) is 11.8 Å². The summed E-state index contributed by atoms with van der Waals surface area (Å²) in [6.07, 6.45) is 0.631. The number of Topliss-reactive ketones (excluding diaryl/α,β-unsaturated/α-hetero) is 1. The van der Waals surface area contributed by atoms with Crippen molar-refractivity contribution in [2.24, 2.45) is 11.8 Å². The zero-order chi connectivity index (χ0) is 25.3. The molecule has 0 unspecified atom stereocenters. The molecule has 1 saturated carbocycles. The van der Waals surface area contributed by atoms with Crippen molar-refractivity contribution in [3.05, 3.63) is 59.7 Å². The maximum absolute atomic E-state index is 12.9. The number of fused-ring (bicyclic) bond motifs is 1. The first kappa shape index (κ1) is 24.9. The fourth-order valence-electron chi connectivity index (χ4n) is 4.32. The smallest absolute Gasteiger partial charge is 0.338 e. The lowest BCUT2D eigenvalue weighted by atomic mass is 9.80. The van der Waals surface area contributed by atoms with Crippen LogP contribution in [0, 0.1) is 11.8 Å². The average Bonchev–Trinajstić information content (AvgIpc) is 3.07. The average molecular weight is 517 g/mol. The molecular weight excluding hydrogens is 495 g/mol. The molecule has 1 heterocycles. The summed E-state index contributed by atoms with van der Waals surface area (Å²) in [4.78, 5) is 63.0. The molecule has 4 atom stereocenters. The fourth-order valence-corrected chi connectivity index (χ4v) is 4.91. The number of amides is 3. The standard InChI is InChI=1S/C25H22Cl2N2O6/c1-13(30)14-5-7-16(8-6-14)28-22(31)12-35-25(34)15-3-2-4-17(9-15)29-23(32)18-10-20(26)21(27)11-19(18)24(29)33/h2-9,18-21H,10-12H2,1H3,(H,28,31)/t18-,19+,20+,21-. The number of nitrogens with one attached hydrogen (secondary N) is 1. The Bertz CT molecular complexity index is 1170. The summed E-state index contributed by atoms with van der Waals surface area (Å²) in [5.74, 6) is -3.25. The molecule has 0 bridgehead atoms. The zero-order valence-corrected chi connectivity index (χ0v) is 20.2. The number of anilines is 2. The summed E-state index contributed by atoms with van der Waals surface area (Å²) in [6.45, 7) is 0.895. The van der Waals surface area contributed by atoms with Crippen LogP contribution in [0.5, 0.6) is 0 Å². The number of imide groups is 1. The molecule has 2 aromatic rings. The third-order valence-corrected chi connectivity index (χ3v) is 7.25. The minimum atomic E-state index is -0.785. The third kappa shape index (κ3) is 5.23. The number of esters is 1. The molecule has 10 heteroatoms. The number of carbonyl (C=O) groups is 5. The van der Waals surface area contributed by atoms with Crippen LogP contribution in [0.2, 0.25) is 0 Å². The first-order valence-electron chi connectivity index (χ1n) is 11.0. The monoisotopic (exact) mass is 516 g/mol. The van der Waals surface area contributed by atoms with Crippen molar-refractivity contribution >= 4 is 64.1 Å². The van der Waals surface area contributed by atoms with E-state index < -0.39 is 41.1 Å². The summed E-state index contributed by atoms with van der Waals surface area (Å²) in [7, 11) is 0. The molecule has 3 amide bonds. The lowest BCUT2D eigenvalue weighted by molar-refractivity contribution is -0.122. The van der Waals surface area contributed by atoms with Gasteiger partial charge in [-0.05, 0) is 62.2 Å². The number of halogens is 2. The molecule has 1 aliphatic carbocycles. The van der Waals surface area contributed by atoms with Gasteiger partial charge in [0.15, 0.2) is 12.4 Å². The van der Waals surface area contributed by atoms with Crippen LogP contribution >= 0.6 is 23.2 Å². The van der Waals surface area contributed by atoms with Crippen LogP contribution in [0.4, 0.5) is 11.4 Å². The molecular formula is C25H22Cl2N2O6. The Labute approximate surface area is 211 Å². The Balaban J connectivity index is 1.39. The van der Waals surface area contributed by atoms with E-state index in [9.17, 15) is 24.0 Å². The molecule has 2 fully saturated rings. The SMILES string of the molecule is CC(=O)c1ccc(NC(=O)COC(=O)c2cccc(N3C(=O)[C@H]4C[C@@H](Cl)[C@@H](Cl)C[C@H]4C3=O)c2)cc1. The molecule has 35 heavy (non-hydrogen) atoms. The summed E-state index contributed by atoms with van der Waals surface area (Å²) < 4.78 is 5.09. The second-order valence-electron chi connectivity index (χ2n) is 8.54. The minimum absolute atomic E-state index is 0.0852. The summed E-state index contributed by atoms with van der Waals surface area (Å²) >= 11 is 12.4. The van der Waals surface area contributed by atoms with Crippen LogP contribution in [0.15, 0.2) is 48.5 Å². The van der Waals surface area contributed by atoms with E-state index in [4.69, 9.17) is 27.9 Å². The van der Waals surface area contributed by atoms with E-state index in [1.807, 2.05) is 0 Å². The maximum Gasteiger partial charge on any atom is 0.338 e. The largest absolute Gasteiger partial charge is 0.452 e. The molecule has 2 aliphatic rings. The van der Waals surface area contributed by atoms with Crippen molar-refractivity contribution < 1.29 is 28.7 Å². The Hall–Kier alpha value is -3.23. The van der Waals surface area contributed by atoms with E-state index in [1.165, 1.54) is 25.1 Å². The first-order chi connectivity index (χ1) is 16.7. The summed E-state index contributed by atoms with van der Waals surface area (Å²) in [5.41, 5.74) is 1.29. The number of ketones is 1. The highest BCUT2D eigenvalue weighted by Gasteiger charge is 2.52. The molecule has 8 nitrogen and oxygen atoms in total.